The van der Waals surface area contributed by atoms with E-state index in [1.54, 1.807) is 0 Å². The highest BCUT2D eigenvalue weighted by molar-refractivity contribution is 5.84. The van der Waals surface area contributed by atoms with Crippen molar-refractivity contribution in [3.63, 3.8) is 0 Å². The van der Waals surface area contributed by atoms with Crippen molar-refractivity contribution < 1.29 is 14.4 Å². The van der Waals surface area contributed by atoms with Crippen molar-refractivity contribution in [3.05, 3.63) is 0 Å². The van der Waals surface area contributed by atoms with Crippen LogP contribution < -0.4 is 0 Å². The number of ketones is 1. The Bertz CT molecular complexity index is 211. The van der Waals surface area contributed by atoms with Crippen LogP contribution in [0.5, 0.6) is 0 Å². The predicted octanol–water partition coefficient (Wildman–Crippen LogP) is 0.421. The highest BCUT2D eigenvalue weighted by atomic mass is 16.3. The highest BCUT2D eigenvalue weighted by Crippen LogP contribution is 2.25. The molecule has 1 aliphatic heterocycles. The molecule has 1 heterocycles. The van der Waals surface area contributed by atoms with Gasteiger partial charge < -0.3 is 9.59 Å². The lowest BCUT2D eigenvalue weighted by Crippen LogP contribution is -2.49. The van der Waals surface area contributed by atoms with Gasteiger partial charge in [0.1, 0.15) is 12.6 Å². The molecule has 0 aromatic rings. The zero-order chi connectivity index (χ0) is 10.2. The van der Waals surface area contributed by atoms with Gasteiger partial charge in [0.2, 0.25) is 0 Å². The summed E-state index contributed by atoms with van der Waals surface area (Å²) in [6.45, 7) is 4.54. The quantitative estimate of drug-likeness (QED) is 0.635. The number of likely N-dealkylation sites (N-methyl/N-ethyl adjacent to an activating group) is 1. The SMILES string of the molecule is CC(C)C(=O)[C@H]1C[C@H](O)C[N+]1(C)C. The second-order valence-corrected chi connectivity index (χ2v) is 4.92. The maximum Gasteiger partial charge on any atom is 0.192 e. The number of aliphatic hydroxyl groups is 1. The molecule has 0 radical (unpaired) electrons. The molecule has 1 N–H and O–H groups in total. The molecule has 13 heavy (non-hydrogen) atoms. The molecule has 2 atom stereocenters. The third-order valence-corrected chi connectivity index (χ3v) is 2.92. The zero-order valence-corrected chi connectivity index (χ0v) is 8.95. The van der Waals surface area contributed by atoms with E-state index < -0.39 is 0 Å². The van der Waals surface area contributed by atoms with Crippen LogP contribution in [0.1, 0.15) is 20.3 Å². The van der Waals surface area contributed by atoms with Gasteiger partial charge in [0, 0.05) is 12.3 Å². The van der Waals surface area contributed by atoms with Gasteiger partial charge in [-0.05, 0) is 0 Å². The summed E-state index contributed by atoms with van der Waals surface area (Å²) >= 11 is 0. The van der Waals surface area contributed by atoms with E-state index in [9.17, 15) is 9.90 Å². The van der Waals surface area contributed by atoms with Crippen LogP contribution in [0.25, 0.3) is 0 Å². The van der Waals surface area contributed by atoms with E-state index in [1.165, 1.54) is 0 Å². The Morgan fingerprint density at radius 2 is 2.00 bits per heavy atom. The Morgan fingerprint density at radius 1 is 1.46 bits per heavy atom. The lowest BCUT2D eigenvalue weighted by molar-refractivity contribution is -0.894. The molecule has 76 valence electrons. The number of Topliss-reactive ketones (excluding diaryl/α,β-unsaturated/α-hetero) is 1. The Hall–Kier alpha value is -0.410. The van der Waals surface area contributed by atoms with Gasteiger partial charge in [0.05, 0.1) is 14.1 Å². The molecule has 0 aromatic heterocycles. The lowest BCUT2D eigenvalue weighted by atomic mass is 9.99. The van der Waals surface area contributed by atoms with Crippen LogP contribution >= 0.6 is 0 Å². The van der Waals surface area contributed by atoms with E-state index in [4.69, 9.17) is 0 Å². The van der Waals surface area contributed by atoms with E-state index in [1.807, 2.05) is 27.9 Å². The van der Waals surface area contributed by atoms with Crippen LogP contribution in [0.4, 0.5) is 0 Å². The summed E-state index contributed by atoms with van der Waals surface area (Å²) in [6, 6.07) is -0.00463. The van der Waals surface area contributed by atoms with Gasteiger partial charge in [-0.25, -0.2) is 0 Å². The molecule has 3 nitrogen and oxygen atoms in total. The van der Waals surface area contributed by atoms with Gasteiger partial charge in [0.15, 0.2) is 11.8 Å². The van der Waals surface area contributed by atoms with Crippen LogP contribution in [-0.2, 0) is 4.79 Å². The van der Waals surface area contributed by atoms with Crippen LogP contribution in [0.3, 0.4) is 0 Å². The maximum atomic E-state index is 11.8. The molecule has 0 unspecified atom stereocenters. The fraction of sp³-hybridized carbons (Fsp3) is 0.900. The Kier molecular flexibility index (Phi) is 2.78. The van der Waals surface area contributed by atoms with Crippen LogP contribution in [0, 0.1) is 5.92 Å². The number of hydrogen-bond acceptors (Lipinski definition) is 2. The molecular weight excluding hydrogens is 166 g/mol. The summed E-state index contributed by atoms with van der Waals surface area (Å²) in [5, 5.41) is 9.50. The number of rotatable bonds is 2. The van der Waals surface area contributed by atoms with Crippen LogP contribution in [0.2, 0.25) is 0 Å². The lowest BCUT2D eigenvalue weighted by Gasteiger charge is -2.31. The number of aliphatic hydroxyl groups excluding tert-OH is 1. The molecule has 0 aromatic carbocycles. The molecule has 0 amide bonds. The van der Waals surface area contributed by atoms with Crippen LogP contribution in [0.15, 0.2) is 0 Å². The van der Waals surface area contributed by atoms with Gasteiger partial charge in [-0.15, -0.1) is 0 Å². The Balaban J connectivity index is 2.75. The third-order valence-electron chi connectivity index (χ3n) is 2.92. The number of quaternary nitrogens is 1. The highest BCUT2D eigenvalue weighted by Gasteiger charge is 2.44. The fourth-order valence-corrected chi connectivity index (χ4v) is 2.13. The molecule has 1 saturated heterocycles. The van der Waals surface area contributed by atoms with E-state index in [0.717, 1.165) is 0 Å². The van der Waals surface area contributed by atoms with Gasteiger partial charge in [-0.1, -0.05) is 13.8 Å². The summed E-state index contributed by atoms with van der Waals surface area (Å²) in [6.07, 6.45) is 0.326. The van der Waals surface area contributed by atoms with Gasteiger partial charge in [0.25, 0.3) is 0 Å². The summed E-state index contributed by atoms with van der Waals surface area (Å²) in [5.74, 6) is 0.356. The summed E-state index contributed by atoms with van der Waals surface area (Å²) in [4.78, 5) is 11.8. The summed E-state index contributed by atoms with van der Waals surface area (Å²) in [5.41, 5.74) is 0. The first-order chi connectivity index (χ1) is 5.84. The predicted molar refractivity (Wildman–Crippen MR) is 51.2 cm³/mol. The number of carbonyl (C=O) groups is 1. The molecule has 0 spiro atoms. The number of hydrogen-bond donors (Lipinski definition) is 1. The molecule has 1 fully saturated rings. The fourth-order valence-electron chi connectivity index (χ4n) is 2.13. The first kappa shape index (κ1) is 10.7. The largest absolute Gasteiger partial charge is 0.387 e. The van der Waals surface area contributed by atoms with Crippen molar-refractivity contribution in [3.8, 4) is 0 Å². The standard InChI is InChI=1S/C10H20NO2/c1-7(2)10(13)9-5-8(12)6-11(9,3)4/h7-9,12H,5-6H2,1-4H3/q+1/t8-,9+/m0/s1. The van der Waals surface area contributed by atoms with Crippen molar-refractivity contribution >= 4 is 5.78 Å². The molecule has 0 saturated carbocycles. The summed E-state index contributed by atoms with van der Waals surface area (Å²) in [7, 11) is 4.03. The number of nitrogens with zero attached hydrogens (tertiary/aromatic N) is 1. The van der Waals surface area contributed by atoms with Crippen molar-refractivity contribution in [1.82, 2.24) is 0 Å². The third kappa shape index (κ3) is 2.09. The Labute approximate surface area is 79.9 Å². The van der Waals surface area contributed by atoms with Gasteiger partial charge in [-0.3, -0.25) is 4.79 Å². The zero-order valence-electron chi connectivity index (χ0n) is 8.95. The molecule has 1 rings (SSSR count). The van der Waals surface area contributed by atoms with Crippen molar-refractivity contribution in [2.24, 2.45) is 5.92 Å². The monoisotopic (exact) mass is 186 g/mol. The van der Waals surface area contributed by atoms with E-state index in [2.05, 4.69) is 0 Å². The molecule has 0 bridgehead atoms. The van der Waals surface area contributed by atoms with Gasteiger partial charge in [-0.2, -0.15) is 0 Å². The number of carbonyl (C=O) groups excluding carboxylic acids is 1. The molecule has 0 aliphatic carbocycles. The molecule has 3 heteroatoms. The average molecular weight is 186 g/mol. The first-order valence-electron chi connectivity index (χ1n) is 4.89. The number of likely N-dealkylation sites (tertiary alicyclic amines) is 1. The second-order valence-electron chi connectivity index (χ2n) is 4.92. The molecular formula is C10H20NO2+. The first-order valence-corrected chi connectivity index (χ1v) is 4.89. The second kappa shape index (κ2) is 3.39. The van der Waals surface area contributed by atoms with Crippen molar-refractivity contribution in [2.45, 2.75) is 32.4 Å². The summed E-state index contributed by atoms with van der Waals surface area (Å²) < 4.78 is 0.637. The maximum absolute atomic E-state index is 11.8. The molecule has 1 aliphatic rings. The van der Waals surface area contributed by atoms with E-state index in [0.29, 0.717) is 17.4 Å². The Morgan fingerprint density at radius 3 is 2.31 bits per heavy atom. The topological polar surface area (TPSA) is 37.3 Å². The van der Waals surface area contributed by atoms with E-state index in [-0.39, 0.29) is 23.8 Å². The normalized spacial score (nSPS) is 32.5. The van der Waals surface area contributed by atoms with Crippen molar-refractivity contribution in [1.29, 1.82) is 0 Å². The smallest absolute Gasteiger partial charge is 0.192 e. The van der Waals surface area contributed by atoms with Crippen molar-refractivity contribution in [2.75, 3.05) is 20.6 Å². The van der Waals surface area contributed by atoms with Crippen LogP contribution in [-0.4, -0.2) is 48.2 Å². The minimum absolute atomic E-state index is 0.00463. The average Bonchev–Trinajstić information content (AvgIpc) is 2.22. The minimum Gasteiger partial charge on any atom is -0.387 e. The van der Waals surface area contributed by atoms with E-state index >= 15 is 0 Å². The minimum atomic E-state index is -0.303. The van der Waals surface area contributed by atoms with Gasteiger partial charge >= 0.3 is 0 Å².